The molecule has 2 rings (SSSR count). The van der Waals surface area contributed by atoms with E-state index in [-0.39, 0.29) is 0 Å². The molecule has 1 aliphatic heterocycles. The highest BCUT2D eigenvalue weighted by atomic mass is 16.4. The number of hydrogen-bond acceptors (Lipinski definition) is 5. The Bertz CT molecular complexity index is 404. The summed E-state index contributed by atoms with van der Waals surface area (Å²) in [6, 6.07) is 5.15. The molecule has 1 aromatic rings. The molecule has 19 heavy (non-hydrogen) atoms. The van der Waals surface area contributed by atoms with Crippen molar-refractivity contribution in [2.24, 2.45) is 5.73 Å². The van der Waals surface area contributed by atoms with E-state index in [1.54, 1.807) is 6.20 Å². The zero-order valence-electron chi connectivity index (χ0n) is 10.9. The Morgan fingerprint density at radius 1 is 1.37 bits per heavy atom. The molecule has 2 heterocycles. The molecule has 0 radical (unpaired) electrons. The highest BCUT2D eigenvalue weighted by molar-refractivity contribution is 5.72. The molecule has 6 heteroatoms. The van der Waals surface area contributed by atoms with Crippen LogP contribution in [-0.4, -0.2) is 59.7 Å². The second-order valence-electron chi connectivity index (χ2n) is 4.75. The first-order valence-corrected chi connectivity index (χ1v) is 6.53. The number of aliphatic carboxylic acids is 1. The number of pyridine rings is 1. The SMILES string of the molecule is NC(CCN1CCN(c2ccccn2)CC1)C(=O)O. The van der Waals surface area contributed by atoms with Crippen molar-refractivity contribution in [2.45, 2.75) is 12.5 Å². The molecule has 0 spiro atoms. The van der Waals surface area contributed by atoms with Crippen LogP contribution in [0.15, 0.2) is 24.4 Å². The zero-order valence-corrected chi connectivity index (χ0v) is 10.9. The van der Waals surface area contributed by atoms with Gasteiger partial charge in [0.15, 0.2) is 0 Å². The van der Waals surface area contributed by atoms with Gasteiger partial charge in [-0.15, -0.1) is 0 Å². The third-order valence-electron chi connectivity index (χ3n) is 3.42. The van der Waals surface area contributed by atoms with Crippen molar-refractivity contribution in [3.8, 4) is 0 Å². The molecule has 0 bridgehead atoms. The lowest BCUT2D eigenvalue weighted by atomic mass is 10.2. The predicted octanol–water partition coefficient (Wildman–Crippen LogP) is 0.00560. The third kappa shape index (κ3) is 3.90. The topological polar surface area (TPSA) is 82.7 Å². The van der Waals surface area contributed by atoms with Crippen LogP contribution in [-0.2, 0) is 4.79 Å². The molecule has 0 saturated carbocycles. The summed E-state index contributed by atoms with van der Waals surface area (Å²) in [4.78, 5) is 19.5. The quantitative estimate of drug-likeness (QED) is 0.779. The van der Waals surface area contributed by atoms with Gasteiger partial charge >= 0.3 is 5.97 Å². The number of carbonyl (C=O) groups is 1. The molecule has 1 aliphatic rings. The van der Waals surface area contributed by atoms with Crippen LogP contribution >= 0.6 is 0 Å². The van der Waals surface area contributed by atoms with Gasteiger partial charge < -0.3 is 15.7 Å². The Balaban J connectivity index is 1.75. The molecule has 0 amide bonds. The largest absolute Gasteiger partial charge is 0.480 e. The summed E-state index contributed by atoms with van der Waals surface area (Å²) in [7, 11) is 0. The van der Waals surface area contributed by atoms with Gasteiger partial charge in [0.2, 0.25) is 0 Å². The lowest BCUT2D eigenvalue weighted by molar-refractivity contribution is -0.138. The number of carboxylic acids is 1. The van der Waals surface area contributed by atoms with Crippen molar-refractivity contribution in [3.63, 3.8) is 0 Å². The Morgan fingerprint density at radius 2 is 2.11 bits per heavy atom. The normalized spacial score (nSPS) is 18.3. The van der Waals surface area contributed by atoms with E-state index < -0.39 is 12.0 Å². The molecule has 1 atom stereocenters. The van der Waals surface area contributed by atoms with Gasteiger partial charge in [-0.2, -0.15) is 0 Å². The van der Waals surface area contributed by atoms with Gasteiger partial charge in [-0.05, 0) is 18.6 Å². The fourth-order valence-electron chi connectivity index (χ4n) is 2.19. The maximum Gasteiger partial charge on any atom is 0.320 e. The molecule has 6 nitrogen and oxygen atoms in total. The van der Waals surface area contributed by atoms with Gasteiger partial charge in [-0.1, -0.05) is 6.07 Å². The maximum absolute atomic E-state index is 10.6. The predicted molar refractivity (Wildman–Crippen MR) is 73.1 cm³/mol. The summed E-state index contributed by atoms with van der Waals surface area (Å²) >= 11 is 0. The summed E-state index contributed by atoms with van der Waals surface area (Å²) in [5.41, 5.74) is 5.51. The van der Waals surface area contributed by atoms with E-state index in [9.17, 15) is 4.79 Å². The van der Waals surface area contributed by atoms with E-state index in [0.717, 1.165) is 38.5 Å². The molecule has 1 saturated heterocycles. The van der Waals surface area contributed by atoms with Crippen LogP contribution in [0.2, 0.25) is 0 Å². The van der Waals surface area contributed by atoms with E-state index >= 15 is 0 Å². The molecule has 1 unspecified atom stereocenters. The van der Waals surface area contributed by atoms with E-state index in [2.05, 4.69) is 14.8 Å². The van der Waals surface area contributed by atoms with E-state index in [1.807, 2.05) is 18.2 Å². The lowest BCUT2D eigenvalue weighted by Crippen LogP contribution is -2.48. The average Bonchev–Trinajstić information content (AvgIpc) is 2.46. The molecule has 0 aromatic carbocycles. The second kappa shape index (κ2) is 6.49. The van der Waals surface area contributed by atoms with Crippen molar-refractivity contribution in [3.05, 3.63) is 24.4 Å². The van der Waals surface area contributed by atoms with Crippen molar-refractivity contribution < 1.29 is 9.90 Å². The van der Waals surface area contributed by atoms with E-state index in [4.69, 9.17) is 10.8 Å². The van der Waals surface area contributed by atoms with Crippen LogP contribution in [0.5, 0.6) is 0 Å². The minimum Gasteiger partial charge on any atom is -0.480 e. The lowest BCUT2D eigenvalue weighted by Gasteiger charge is -2.35. The van der Waals surface area contributed by atoms with Crippen LogP contribution < -0.4 is 10.6 Å². The first kappa shape index (κ1) is 13.8. The molecular weight excluding hydrogens is 244 g/mol. The highest BCUT2D eigenvalue weighted by Crippen LogP contribution is 2.12. The average molecular weight is 264 g/mol. The Labute approximate surface area is 112 Å². The first-order chi connectivity index (χ1) is 9.16. The van der Waals surface area contributed by atoms with Gasteiger partial charge in [0, 0.05) is 38.9 Å². The van der Waals surface area contributed by atoms with E-state index in [0.29, 0.717) is 6.42 Å². The standard InChI is InChI=1S/C13H20N4O2/c14-11(13(18)19)4-6-16-7-9-17(10-8-16)12-3-1-2-5-15-12/h1-3,5,11H,4,6-10,14H2,(H,18,19). The summed E-state index contributed by atoms with van der Waals surface area (Å²) in [6.07, 6.45) is 2.30. The van der Waals surface area contributed by atoms with Crippen LogP contribution in [0, 0.1) is 0 Å². The Morgan fingerprint density at radius 3 is 2.68 bits per heavy atom. The molecule has 3 N–H and O–H groups in total. The summed E-state index contributed by atoms with van der Waals surface area (Å²) in [5.74, 6) is 0.0801. The number of hydrogen-bond donors (Lipinski definition) is 2. The first-order valence-electron chi connectivity index (χ1n) is 6.53. The van der Waals surface area contributed by atoms with Gasteiger partial charge in [-0.3, -0.25) is 9.69 Å². The maximum atomic E-state index is 10.6. The van der Waals surface area contributed by atoms with Gasteiger partial charge in [0.25, 0.3) is 0 Å². The molecule has 0 aliphatic carbocycles. The molecule has 104 valence electrons. The molecule has 1 aromatic heterocycles. The van der Waals surface area contributed by atoms with Crippen LogP contribution in [0.1, 0.15) is 6.42 Å². The zero-order chi connectivity index (χ0) is 13.7. The number of aromatic nitrogens is 1. The fourth-order valence-corrected chi connectivity index (χ4v) is 2.19. The smallest absolute Gasteiger partial charge is 0.320 e. The number of rotatable bonds is 5. The van der Waals surface area contributed by atoms with Crippen molar-refractivity contribution in [2.75, 3.05) is 37.6 Å². The third-order valence-corrected chi connectivity index (χ3v) is 3.42. The highest BCUT2D eigenvalue weighted by Gasteiger charge is 2.19. The van der Waals surface area contributed by atoms with Crippen molar-refractivity contribution >= 4 is 11.8 Å². The Kier molecular flexibility index (Phi) is 4.70. The number of carboxylic acid groups (broad SMARTS) is 1. The van der Waals surface area contributed by atoms with Crippen molar-refractivity contribution in [1.82, 2.24) is 9.88 Å². The van der Waals surface area contributed by atoms with Gasteiger partial charge in [0.1, 0.15) is 11.9 Å². The molecular formula is C13H20N4O2. The fraction of sp³-hybridized carbons (Fsp3) is 0.538. The van der Waals surface area contributed by atoms with Crippen LogP contribution in [0.25, 0.3) is 0 Å². The monoisotopic (exact) mass is 264 g/mol. The number of nitrogens with zero attached hydrogens (tertiary/aromatic N) is 3. The minimum atomic E-state index is -0.924. The number of anilines is 1. The number of piperazine rings is 1. The van der Waals surface area contributed by atoms with Crippen LogP contribution in [0.4, 0.5) is 5.82 Å². The second-order valence-corrected chi connectivity index (χ2v) is 4.75. The van der Waals surface area contributed by atoms with E-state index in [1.165, 1.54) is 0 Å². The Hall–Kier alpha value is -1.66. The minimum absolute atomic E-state index is 0.499. The summed E-state index contributed by atoms with van der Waals surface area (Å²) < 4.78 is 0. The summed E-state index contributed by atoms with van der Waals surface area (Å²) in [5, 5.41) is 8.74. The van der Waals surface area contributed by atoms with Crippen molar-refractivity contribution in [1.29, 1.82) is 0 Å². The number of nitrogens with two attached hydrogens (primary N) is 1. The summed E-state index contributed by atoms with van der Waals surface area (Å²) in [6.45, 7) is 4.41. The van der Waals surface area contributed by atoms with Gasteiger partial charge in [0.05, 0.1) is 0 Å². The van der Waals surface area contributed by atoms with Crippen LogP contribution in [0.3, 0.4) is 0 Å². The van der Waals surface area contributed by atoms with Gasteiger partial charge in [-0.25, -0.2) is 4.98 Å². The molecule has 1 fully saturated rings.